The van der Waals surface area contributed by atoms with Gasteiger partial charge in [0.15, 0.2) is 6.10 Å². The fraction of sp³-hybridized carbons (Fsp3) is 0.938. The molecule has 0 aliphatic heterocycles. The van der Waals surface area contributed by atoms with Crippen molar-refractivity contribution in [3.63, 3.8) is 0 Å². The van der Waals surface area contributed by atoms with E-state index in [4.69, 9.17) is 24.3 Å². The van der Waals surface area contributed by atoms with Crippen molar-refractivity contribution < 1.29 is 37.6 Å². The number of esters is 2. The normalized spacial score (nSPS) is 13.5. The fourth-order valence-corrected chi connectivity index (χ4v) is 5.46. The number of hydrogen-bond acceptors (Lipinski definition) is 8. The van der Waals surface area contributed by atoms with Gasteiger partial charge >= 0.3 is 19.8 Å². The molecule has 0 aromatic carbocycles. The van der Waals surface area contributed by atoms with Crippen molar-refractivity contribution >= 4 is 19.8 Å². The Kier molecular flexibility index (Phi) is 29.3. The number of carbonyl (C=O) groups is 2. The number of carbonyl (C=O) groups excluding carboxylic acids is 2. The number of rotatable bonds is 32. The Morgan fingerprint density at radius 3 is 1.50 bits per heavy atom. The number of hydrogen-bond donors (Lipinski definition) is 2. The van der Waals surface area contributed by atoms with E-state index in [1.807, 2.05) is 6.92 Å². The largest absolute Gasteiger partial charge is 0.472 e. The van der Waals surface area contributed by atoms with Gasteiger partial charge in [-0.15, -0.1) is 0 Å². The Morgan fingerprint density at radius 1 is 0.619 bits per heavy atom. The van der Waals surface area contributed by atoms with Crippen LogP contribution in [0.5, 0.6) is 0 Å². The molecular weight excluding hydrogens is 557 g/mol. The Balaban J connectivity index is 3.97. The molecule has 0 saturated carbocycles. The highest BCUT2D eigenvalue weighted by Gasteiger charge is 2.25. The molecule has 9 nitrogen and oxygen atoms in total. The van der Waals surface area contributed by atoms with Gasteiger partial charge in [0.2, 0.25) is 0 Å². The van der Waals surface area contributed by atoms with Crippen molar-refractivity contribution in [2.75, 3.05) is 26.4 Å². The third-order valence-electron chi connectivity index (χ3n) is 7.24. The lowest BCUT2D eigenvalue weighted by Gasteiger charge is -2.19. The molecule has 0 spiro atoms. The highest BCUT2D eigenvalue weighted by Crippen LogP contribution is 2.43. The van der Waals surface area contributed by atoms with Crippen LogP contribution in [0.4, 0.5) is 0 Å². The second kappa shape index (κ2) is 30.1. The summed E-state index contributed by atoms with van der Waals surface area (Å²) in [7, 11) is -4.34. The summed E-state index contributed by atoms with van der Waals surface area (Å²) in [6.45, 7) is 3.55. The van der Waals surface area contributed by atoms with Gasteiger partial charge in [0.25, 0.3) is 0 Å². The van der Waals surface area contributed by atoms with Crippen molar-refractivity contribution in [2.24, 2.45) is 5.73 Å². The summed E-state index contributed by atoms with van der Waals surface area (Å²) in [4.78, 5) is 34.1. The smallest absolute Gasteiger partial charge is 0.462 e. The number of unbranched alkanes of at least 4 members (excludes halogenated alkanes) is 19. The molecule has 0 aliphatic rings. The molecule has 0 aliphatic carbocycles. The maximum Gasteiger partial charge on any atom is 0.472 e. The van der Waals surface area contributed by atoms with Crippen LogP contribution < -0.4 is 5.73 Å². The van der Waals surface area contributed by atoms with Gasteiger partial charge in [-0.05, 0) is 12.8 Å². The van der Waals surface area contributed by atoms with Gasteiger partial charge in [0.1, 0.15) is 6.61 Å². The average Bonchev–Trinajstić information content (AvgIpc) is 2.97. The Hall–Kier alpha value is -0.990. The van der Waals surface area contributed by atoms with Crippen molar-refractivity contribution in [1.82, 2.24) is 0 Å². The maximum absolute atomic E-state index is 12.4. The maximum atomic E-state index is 12.4. The van der Waals surface area contributed by atoms with E-state index in [2.05, 4.69) is 6.92 Å². The fourth-order valence-electron chi connectivity index (χ4n) is 4.69. The van der Waals surface area contributed by atoms with Crippen molar-refractivity contribution in [3.8, 4) is 0 Å². The average molecular weight is 622 g/mol. The molecule has 0 radical (unpaired) electrons. The van der Waals surface area contributed by atoms with Gasteiger partial charge in [0, 0.05) is 19.4 Å². The number of phosphoric ester groups is 1. The van der Waals surface area contributed by atoms with Crippen molar-refractivity contribution in [3.05, 3.63) is 0 Å². The molecule has 10 heteroatoms. The predicted molar refractivity (Wildman–Crippen MR) is 169 cm³/mol. The zero-order chi connectivity index (χ0) is 31.2. The molecule has 0 heterocycles. The first-order valence-corrected chi connectivity index (χ1v) is 18.5. The van der Waals surface area contributed by atoms with Crippen LogP contribution in [-0.2, 0) is 32.7 Å². The first kappa shape index (κ1) is 41.0. The second-order valence-electron chi connectivity index (χ2n) is 11.4. The van der Waals surface area contributed by atoms with Crippen LogP contribution in [0.15, 0.2) is 0 Å². The number of ether oxygens (including phenoxy) is 2. The first-order chi connectivity index (χ1) is 20.3. The minimum Gasteiger partial charge on any atom is -0.462 e. The van der Waals surface area contributed by atoms with E-state index in [1.54, 1.807) is 0 Å². The standard InChI is InChI=1S/C32H64NO8P/c1-3-5-7-8-9-10-11-12-13-14-15-16-17-18-19-20-21-23-25-32(35)41-30(28-38-31(34)24-22-6-4-2)29-40-42(36,37)39-27-26-33/h30H,3-29,33H2,1-2H3,(H,36,37). The summed E-state index contributed by atoms with van der Waals surface area (Å²) in [6.07, 6.45) is 25.1. The lowest BCUT2D eigenvalue weighted by Crippen LogP contribution is -2.29. The minimum absolute atomic E-state index is 0.0566. The van der Waals surface area contributed by atoms with Crippen LogP contribution >= 0.6 is 7.82 Å². The van der Waals surface area contributed by atoms with E-state index >= 15 is 0 Å². The van der Waals surface area contributed by atoms with Crippen LogP contribution in [0.2, 0.25) is 0 Å². The predicted octanol–water partition coefficient (Wildman–Crippen LogP) is 8.55. The van der Waals surface area contributed by atoms with Crippen molar-refractivity contribution in [2.45, 2.75) is 168 Å². The van der Waals surface area contributed by atoms with Crippen LogP contribution in [0.25, 0.3) is 0 Å². The molecule has 2 unspecified atom stereocenters. The SMILES string of the molecule is CCCCCCCCCCCCCCCCCCCCC(=O)OC(COC(=O)CCCCC)COP(=O)(O)OCCN. The van der Waals surface area contributed by atoms with E-state index in [0.717, 1.165) is 25.7 Å². The summed E-state index contributed by atoms with van der Waals surface area (Å²) in [5.41, 5.74) is 5.29. The van der Waals surface area contributed by atoms with Crippen LogP contribution in [0.1, 0.15) is 162 Å². The molecule has 3 N–H and O–H groups in total. The summed E-state index contributed by atoms with van der Waals surface area (Å²) in [6, 6.07) is 0. The number of phosphoric acid groups is 1. The van der Waals surface area contributed by atoms with Crippen LogP contribution in [0, 0.1) is 0 Å². The van der Waals surface area contributed by atoms with E-state index in [0.29, 0.717) is 12.8 Å². The minimum atomic E-state index is -4.34. The van der Waals surface area contributed by atoms with Gasteiger partial charge < -0.3 is 20.1 Å². The molecule has 0 bridgehead atoms. The van der Waals surface area contributed by atoms with Crippen LogP contribution in [-0.4, -0.2) is 49.3 Å². The third kappa shape index (κ3) is 29.1. The zero-order valence-electron chi connectivity index (χ0n) is 27.0. The Morgan fingerprint density at radius 2 is 1.02 bits per heavy atom. The van der Waals surface area contributed by atoms with Crippen LogP contribution in [0.3, 0.4) is 0 Å². The highest BCUT2D eigenvalue weighted by molar-refractivity contribution is 7.47. The van der Waals surface area contributed by atoms with E-state index in [-0.39, 0.29) is 32.6 Å². The third-order valence-corrected chi connectivity index (χ3v) is 8.23. The molecule has 0 amide bonds. The van der Waals surface area contributed by atoms with Gasteiger partial charge in [-0.2, -0.15) is 0 Å². The lowest BCUT2D eigenvalue weighted by atomic mass is 10.0. The highest BCUT2D eigenvalue weighted by atomic mass is 31.2. The topological polar surface area (TPSA) is 134 Å². The summed E-state index contributed by atoms with van der Waals surface area (Å²) < 4.78 is 32.2. The molecule has 0 aromatic rings. The Bertz CT molecular complexity index is 679. The summed E-state index contributed by atoms with van der Waals surface area (Å²) in [5, 5.41) is 0. The quantitative estimate of drug-likeness (QED) is 0.0430. The summed E-state index contributed by atoms with van der Waals surface area (Å²) in [5.74, 6) is -0.850. The molecule has 0 rings (SSSR count). The molecule has 0 fully saturated rings. The summed E-state index contributed by atoms with van der Waals surface area (Å²) >= 11 is 0. The number of nitrogens with two attached hydrogens (primary N) is 1. The van der Waals surface area contributed by atoms with Crippen molar-refractivity contribution in [1.29, 1.82) is 0 Å². The molecule has 0 saturated heterocycles. The molecule has 2 atom stereocenters. The molecule has 250 valence electrons. The van der Waals surface area contributed by atoms with Gasteiger partial charge in [-0.25, -0.2) is 4.57 Å². The molecule has 42 heavy (non-hydrogen) atoms. The monoisotopic (exact) mass is 621 g/mol. The lowest BCUT2D eigenvalue weighted by molar-refractivity contribution is -0.161. The van der Waals surface area contributed by atoms with E-state index < -0.39 is 32.5 Å². The molecular formula is C32H64NO8P. The molecule has 0 aromatic heterocycles. The van der Waals surface area contributed by atoms with Gasteiger partial charge in [-0.3, -0.25) is 18.6 Å². The zero-order valence-corrected chi connectivity index (χ0v) is 27.9. The second-order valence-corrected chi connectivity index (χ2v) is 12.9. The van der Waals surface area contributed by atoms with Gasteiger partial charge in [-0.1, -0.05) is 136 Å². The Labute approximate surface area is 257 Å². The van der Waals surface area contributed by atoms with E-state index in [9.17, 15) is 19.0 Å². The van der Waals surface area contributed by atoms with E-state index in [1.165, 1.54) is 96.3 Å². The first-order valence-electron chi connectivity index (χ1n) is 17.0. The van der Waals surface area contributed by atoms with Gasteiger partial charge in [0.05, 0.1) is 13.2 Å².